The molecule has 1 heterocycles. The zero-order valence-electron chi connectivity index (χ0n) is 10.2. The second-order valence-corrected chi connectivity index (χ2v) is 5.01. The van der Waals surface area contributed by atoms with E-state index in [4.69, 9.17) is 0 Å². The van der Waals surface area contributed by atoms with Gasteiger partial charge in [0.25, 0.3) is 0 Å². The number of hydrogen-bond donors (Lipinski definition) is 1. The predicted molar refractivity (Wildman–Crippen MR) is 70.8 cm³/mol. The molecule has 0 aliphatic rings. The van der Waals surface area contributed by atoms with E-state index >= 15 is 0 Å². The van der Waals surface area contributed by atoms with E-state index in [0.717, 1.165) is 10.0 Å². The van der Waals surface area contributed by atoms with Crippen molar-refractivity contribution in [2.24, 2.45) is 0 Å². The lowest BCUT2D eigenvalue weighted by Gasteiger charge is -2.14. The Bertz CT molecular complexity index is 548. The first-order chi connectivity index (χ1) is 8.52. The number of rotatable bonds is 3. The van der Waals surface area contributed by atoms with Crippen LogP contribution in [0.1, 0.15) is 29.8 Å². The first-order valence-corrected chi connectivity index (χ1v) is 6.48. The lowest BCUT2D eigenvalue weighted by Crippen LogP contribution is -2.10. The van der Waals surface area contributed by atoms with Gasteiger partial charge in [0, 0.05) is 6.54 Å². The second kappa shape index (κ2) is 5.20. The fraction of sp³-hybridized carbons (Fsp3) is 0.308. The first-order valence-electron chi connectivity index (χ1n) is 5.69. The van der Waals surface area contributed by atoms with Gasteiger partial charge < -0.3 is 5.11 Å². The largest absolute Gasteiger partial charge is 0.382 e. The second-order valence-electron chi connectivity index (χ2n) is 4.16. The Hall–Kier alpha value is -1.20. The number of benzene rings is 1. The summed E-state index contributed by atoms with van der Waals surface area (Å²) in [5.41, 5.74) is 1.95. The van der Waals surface area contributed by atoms with Crippen molar-refractivity contribution in [1.82, 2.24) is 9.78 Å². The third-order valence-corrected chi connectivity index (χ3v) is 3.38. The van der Waals surface area contributed by atoms with Crippen LogP contribution in [0.15, 0.2) is 28.9 Å². The molecule has 2 rings (SSSR count). The van der Waals surface area contributed by atoms with E-state index in [0.29, 0.717) is 17.8 Å². The molecule has 1 aromatic carbocycles. The summed E-state index contributed by atoms with van der Waals surface area (Å²) in [5.74, 6) is -0.345. The number of aliphatic hydroxyl groups excluding tert-OH is 1. The third-order valence-electron chi connectivity index (χ3n) is 2.77. The summed E-state index contributed by atoms with van der Waals surface area (Å²) in [6.07, 6.45) is 0.741. The highest BCUT2D eigenvalue weighted by Crippen LogP contribution is 2.29. The van der Waals surface area contributed by atoms with Gasteiger partial charge in [-0.3, -0.25) is 4.68 Å². The standard InChI is InChI=1S/C13H14BrFN2O/c1-3-17-12(11(14)7-16-17)13(18)9-4-8(2)5-10(15)6-9/h4-7,13,18H,3H2,1-2H3. The summed E-state index contributed by atoms with van der Waals surface area (Å²) in [4.78, 5) is 0. The van der Waals surface area contributed by atoms with Crippen molar-refractivity contribution < 1.29 is 9.50 Å². The molecule has 2 aromatic rings. The molecular weight excluding hydrogens is 299 g/mol. The molecule has 0 saturated heterocycles. The van der Waals surface area contributed by atoms with E-state index in [9.17, 15) is 9.50 Å². The molecule has 0 radical (unpaired) electrons. The fourth-order valence-electron chi connectivity index (χ4n) is 1.98. The van der Waals surface area contributed by atoms with Crippen molar-refractivity contribution in [3.63, 3.8) is 0 Å². The molecule has 18 heavy (non-hydrogen) atoms. The van der Waals surface area contributed by atoms with Gasteiger partial charge >= 0.3 is 0 Å². The van der Waals surface area contributed by atoms with E-state index in [1.807, 2.05) is 6.92 Å². The lowest BCUT2D eigenvalue weighted by molar-refractivity contribution is 0.206. The molecule has 1 unspecified atom stereocenters. The van der Waals surface area contributed by atoms with Gasteiger partial charge in [-0.2, -0.15) is 5.10 Å². The zero-order chi connectivity index (χ0) is 13.3. The number of hydrogen-bond acceptors (Lipinski definition) is 2. The number of aryl methyl sites for hydroxylation is 2. The van der Waals surface area contributed by atoms with Crippen LogP contribution in [-0.2, 0) is 6.54 Å². The molecule has 0 fully saturated rings. The maximum atomic E-state index is 13.4. The Labute approximate surface area is 113 Å². The van der Waals surface area contributed by atoms with E-state index < -0.39 is 6.10 Å². The number of nitrogens with zero attached hydrogens (tertiary/aromatic N) is 2. The van der Waals surface area contributed by atoms with E-state index in [1.54, 1.807) is 23.9 Å². The molecule has 0 saturated carbocycles. The van der Waals surface area contributed by atoms with Gasteiger partial charge in [0.1, 0.15) is 11.9 Å². The third kappa shape index (κ3) is 2.47. The number of halogens is 2. The Morgan fingerprint density at radius 1 is 1.44 bits per heavy atom. The fourth-order valence-corrected chi connectivity index (χ4v) is 2.49. The van der Waals surface area contributed by atoms with E-state index in [2.05, 4.69) is 21.0 Å². The van der Waals surface area contributed by atoms with Crippen molar-refractivity contribution in [2.75, 3.05) is 0 Å². The highest BCUT2D eigenvalue weighted by molar-refractivity contribution is 9.10. The SMILES string of the molecule is CCn1ncc(Br)c1C(O)c1cc(C)cc(F)c1. The van der Waals surface area contributed by atoms with Crippen LogP contribution in [0.2, 0.25) is 0 Å². The van der Waals surface area contributed by atoms with E-state index in [1.165, 1.54) is 12.1 Å². The van der Waals surface area contributed by atoms with Gasteiger partial charge in [-0.1, -0.05) is 6.07 Å². The average Bonchev–Trinajstić information content (AvgIpc) is 2.68. The Morgan fingerprint density at radius 2 is 2.17 bits per heavy atom. The smallest absolute Gasteiger partial charge is 0.123 e. The Morgan fingerprint density at radius 3 is 2.78 bits per heavy atom. The van der Waals surface area contributed by atoms with Gasteiger partial charge in [-0.25, -0.2) is 4.39 Å². The van der Waals surface area contributed by atoms with Crippen LogP contribution in [0.4, 0.5) is 4.39 Å². The van der Waals surface area contributed by atoms with Gasteiger partial charge in [0.15, 0.2) is 0 Å². The molecule has 96 valence electrons. The highest BCUT2D eigenvalue weighted by atomic mass is 79.9. The topological polar surface area (TPSA) is 38.0 Å². The number of aliphatic hydroxyl groups is 1. The maximum Gasteiger partial charge on any atom is 0.123 e. The van der Waals surface area contributed by atoms with Gasteiger partial charge in [-0.15, -0.1) is 0 Å². The van der Waals surface area contributed by atoms with Crippen molar-refractivity contribution in [1.29, 1.82) is 0 Å². The van der Waals surface area contributed by atoms with Crippen LogP contribution in [0.3, 0.4) is 0 Å². The first kappa shape index (κ1) is 13.2. The minimum absolute atomic E-state index is 0.345. The van der Waals surface area contributed by atoms with Crippen molar-refractivity contribution in [3.8, 4) is 0 Å². The monoisotopic (exact) mass is 312 g/mol. The van der Waals surface area contributed by atoms with Gasteiger partial charge in [-0.05, 0) is 53.0 Å². The van der Waals surface area contributed by atoms with Crippen LogP contribution in [-0.4, -0.2) is 14.9 Å². The molecule has 0 aliphatic carbocycles. The normalized spacial score (nSPS) is 12.7. The Balaban J connectivity index is 2.47. The minimum atomic E-state index is -0.892. The Kier molecular flexibility index (Phi) is 3.82. The maximum absolute atomic E-state index is 13.4. The van der Waals surface area contributed by atoms with Crippen LogP contribution in [0, 0.1) is 12.7 Å². The van der Waals surface area contributed by atoms with Crippen LogP contribution in [0.25, 0.3) is 0 Å². The highest BCUT2D eigenvalue weighted by Gasteiger charge is 2.19. The van der Waals surface area contributed by atoms with Crippen LogP contribution in [0.5, 0.6) is 0 Å². The summed E-state index contributed by atoms with van der Waals surface area (Å²) in [5, 5.41) is 14.5. The molecule has 1 N–H and O–H groups in total. The van der Waals surface area contributed by atoms with Crippen LogP contribution >= 0.6 is 15.9 Å². The van der Waals surface area contributed by atoms with Crippen molar-refractivity contribution in [3.05, 3.63) is 51.5 Å². The molecule has 0 amide bonds. The van der Waals surface area contributed by atoms with Gasteiger partial charge in [0.05, 0.1) is 16.4 Å². The van der Waals surface area contributed by atoms with Crippen molar-refractivity contribution >= 4 is 15.9 Å². The van der Waals surface area contributed by atoms with Crippen molar-refractivity contribution in [2.45, 2.75) is 26.5 Å². The zero-order valence-corrected chi connectivity index (χ0v) is 11.8. The predicted octanol–water partition coefficient (Wildman–Crippen LogP) is 3.19. The molecule has 1 atom stereocenters. The summed E-state index contributed by atoms with van der Waals surface area (Å²) < 4.78 is 15.8. The molecule has 5 heteroatoms. The summed E-state index contributed by atoms with van der Waals surface area (Å²) >= 11 is 3.36. The molecule has 1 aromatic heterocycles. The molecule has 0 bridgehead atoms. The van der Waals surface area contributed by atoms with E-state index in [-0.39, 0.29) is 5.82 Å². The van der Waals surface area contributed by atoms with Crippen LogP contribution < -0.4 is 0 Å². The lowest BCUT2D eigenvalue weighted by atomic mass is 10.0. The molecular formula is C13H14BrFN2O. The average molecular weight is 313 g/mol. The molecule has 3 nitrogen and oxygen atoms in total. The van der Waals surface area contributed by atoms with Gasteiger partial charge in [0.2, 0.25) is 0 Å². The molecule has 0 aliphatic heterocycles. The number of aromatic nitrogens is 2. The summed E-state index contributed by atoms with van der Waals surface area (Å²) in [6, 6.07) is 4.55. The molecule has 0 spiro atoms. The minimum Gasteiger partial charge on any atom is -0.382 e. The summed E-state index contributed by atoms with van der Waals surface area (Å²) in [7, 11) is 0. The summed E-state index contributed by atoms with van der Waals surface area (Å²) in [6.45, 7) is 4.38. The quantitative estimate of drug-likeness (QED) is 0.945.